The highest BCUT2D eigenvalue weighted by Gasteiger charge is 2.12. The Kier molecular flexibility index (Phi) is 7.47. The minimum absolute atomic E-state index is 0.129. The van der Waals surface area contributed by atoms with E-state index < -0.39 is 0 Å². The maximum atomic E-state index is 12.9. The average molecular weight is 360 g/mol. The van der Waals surface area contributed by atoms with E-state index in [-0.39, 0.29) is 23.4 Å². The highest BCUT2D eigenvalue weighted by Crippen LogP contribution is 2.23. The SMILES string of the molecule is CCCCNC(=O)c1ccccc1SCC(=O)Nc1ccc(F)cc1. The number of carbonyl (C=O) groups excluding carboxylic acids is 2. The van der Waals surface area contributed by atoms with Gasteiger partial charge in [0.1, 0.15) is 5.82 Å². The summed E-state index contributed by atoms with van der Waals surface area (Å²) in [4.78, 5) is 25.0. The average Bonchev–Trinajstić information content (AvgIpc) is 2.62. The van der Waals surface area contributed by atoms with Crippen LogP contribution in [0.15, 0.2) is 53.4 Å². The Bertz CT molecular complexity index is 720. The van der Waals surface area contributed by atoms with Crippen LogP contribution in [0, 0.1) is 5.82 Å². The van der Waals surface area contributed by atoms with Crippen LogP contribution in [-0.4, -0.2) is 24.1 Å². The van der Waals surface area contributed by atoms with Gasteiger partial charge in [-0.25, -0.2) is 4.39 Å². The molecule has 0 fully saturated rings. The molecule has 0 atom stereocenters. The van der Waals surface area contributed by atoms with Crippen molar-refractivity contribution in [2.75, 3.05) is 17.6 Å². The zero-order chi connectivity index (χ0) is 18.1. The number of anilines is 1. The normalized spacial score (nSPS) is 10.3. The van der Waals surface area contributed by atoms with Crippen LogP contribution in [0.3, 0.4) is 0 Å². The quantitative estimate of drug-likeness (QED) is 0.551. The lowest BCUT2D eigenvalue weighted by Crippen LogP contribution is -2.25. The Labute approximate surface area is 151 Å². The summed E-state index contributed by atoms with van der Waals surface area (Å²) in [7, 11) is 0. The molecule has 132 valence electrons. The molecule has 2 amide bonds. The smallest absolute Gasteiger partial charge is 0.252 e. The standard InChI is InChI=1S/C19H21FN2O2S/c1-2-3-12-21-19(24)16-6-4-5-7-17(16)25-13-18(23)22-15-10-8-14(20)9-11-15/h4-11H,2-3,12-13H2,1H3,(H,21,24)(H,22,23). The van der Waals surface area contributed by atoms with E-state index in [1.165, 1.54) is 36.0 Å². The third-order valence-electron chi connectivity index (χ3n) is 3.43. The topological polar surface area (TPSA) is 58.2 Å². The molecule has 2 rings (SSSR count). The minimum Gasteiger partial charge on any atom is -0.352 e. The highest BCUT2D eigenvalue weighted by atomic mass is 32.2. The van der Waals surface area contributed by atoms with Crippen molar-refractivity contribution in [3.8, 4) is 0 Å². The molecule has 0 aliphatic rings. The second kappa shape index (κ2) is 9.84. The van der Waals surface area contributed by atoms with Crippen molar-refractivity contribution >= 4 is 29.3 Å². The second-order valence-electron chi connectivity index (χ2n) is 5.45. The van der Waals surface area contributed by atoms with Gasteiger partial charge >= 0.3 is 0 Å². The molecule has 0 saturated carbocycles. The number of benzene rings is 2. The van der Waals surface area contributed by atoms with Crippen LogP contribution in [0.4, 0.5) is 10.1 Å². The van der Waals surface area contributed by atoms with E-state index in [4.69, 9.17) is 0 Å². The first-order valence-corrected chi connectivity index (χ1v) is 9.14. The molecule has 0 bridgehead atoms. The van der Waals surface area contributed by atoms with Gasteiger partial charge in [0.2, 0.25) is 5.91 Å². The number of halogens is 1. The van der Waals surface area contributed by atoms with Gasteiger partial charge in [-0.1, -0.05) is 25.5 Å². The van der Waals surface area contributed by atoms with Crippen molar-refractivity contribution in [3.63, 3.8) is 0 Å². The lowest BCUT2D eigenvalue weighted by atomic mass is 10.2. The summed E-state index contributed by atoms with van der Waals surface area (Å²) in [6.45, 7) is 2.70. The Morgan fingerprint density at radius 2 is 1.80 bits per heavy atom. The highest BCUT2D eigenvalue weighted by molar-refractivity contribution is 8.00. The van der Waals surface area contributed by atoms with Crippen molar-refractivity contribution in [3.05, 3.63) is 59.9 Å². The lowest BCUT2D eigenvalue weighted by molar-refractivity contribution is -0.113. The Morgan fingerprint density at radius 3 is 2.52 bits per heavy atom. The van der Waals surface area contributed by atoms with E-state index in [2.05, 4.69) is 17.6 Å². The first kappa shape index (κ1) is 19.0. The van der Waals surface area contributed by atoms with Gasteiger partial charge in [-0.3, -0.25) is 9.59 Å². The van der Waals surface area contributed by atoms with Crippen molar-refractivity contribution < 1.29 is 14.0 Å². The largest absolute Gasteiger partial charge is 0.352 e. The van der Waals surface area contributed by atoms with E-state index in [0.29, 0.717) is 17.8 Å². The van der Waals surface area contributed by atoms with Gasteiger partial charge in [0.25, 0.3) is 5.91 Å². The van der Waals surface area contributed by atoms with Crippen molar-refractivity contribution in [2.24, 2.45) is 0 Å². The summed E-state index contributed by atoms with van der Waals surface area (Å²) in [6.07, 6.45) is 1.95. The first-order chi connectivity index (χ1) is 12.1. The summed E-state index contributed by atoms with van der Waals surface area (Å²) in [5.74, 6) is -0.528. The molecule has 0 aliphatic heterocycles. The molecule has 0 aliphatic carbocycles. The molecule has 25 heavy (non-hydrogen) atoms. The fourth-order valence-electron chi connectivity index (χ4n) is 2.13. The first-order valence-electron chi connectivity index (χ1n) is 8.15. The zero-order valence-corrected chi connectivity index (χ0v) is 14.9. The van der Waals surface area contributed by atoms with E-state index in [0.717, 1.165) is 17.7 Å². The molecule has 0 unspecified atom stereocenters. The van der Waals surface area contributed by atoms with Gasteiger partial charge < -0.3 is 10.6 Å². The zero-order valence-electron chi connectivity index (χ0n) is 14.0. The molecule has 0 radical (unpaired) electrons. The van der Waals surface area contributed by atoms with Crippen LogP contribution in [0.25, 0.3) is 0 Å². The third-order valence-corrected chi connectivity index (χ3v) is 4.51. The van der Waals surface area contributed by atoms with E-state index in [9.17, 15) is 14.0 Å². The number of rotatable bonds is 8. The number of thioether (sulfide) groups is 1. The van der Waals surface area contributed by atoms with Crippen molar-refractivity contribution in [2.45, 2.75) is 24.7 Å². The fraction of sp³-hybridized carbons (Fsp3) is 0.263. The number of hydrogen-bond donors (Lipinski definition) is 2. The van der Waals surface area contributed by atoms with E-state index in [1.54, 1.807) is 12.1 Å². The van der Waals surface area contributed by atoms with Gasteiger partial charge in [0.15, 0.2) is 0 Å². The number of unbranched alkanes of at least 4 members (excludes halogenated alkanes) is 1. The predicted octanol–water partition coefficient (Wildman–Crippen LogP) is 4.09. The van der Waals surface area contributed by atoms with Gasteiger partial charge in [-0.15, -0.1) is 11.8 Å². The van der Waals surface area contributed by atoms with Gasteiger partial charge in [0, 0.05) is 17.1 Å². The molecule has 4 nitrogen and oxygen atoms in total. The van der Waals surface area contributed by atoms with Gasteiger partial charge in [-0.05, 0) is 42.8 Å². The maximum absolute atomic E-state index is 12.9. The number of nitrogens with one attached hydrogen (secondary N) is 2. The van der Waals surface area contributed by atoms with Crippen LogP contribution in [0.2, 0.25) is 0 Å². The molecule has 0 saturated heterocycles. The predicted molar refractivity (Wildman–Crippen MR) is 99.4 cm³/mol. The molecule has 6 heteroatoms. The van der Waals surface area contributed by atoms with E-state index in [1.807, 2.05) is 12.1 Å². The Balaban J connectivity index is 1.92. The Morgan fingerprint density at radius 1 is 1.08 bits per heavy atom. The van der Waals surface area contributed by atoms with Crippen molar-refractivity contribution in [1.29, 1.82) is 0 Å². The number of carbonyl (C=O) groups is 2. The molecular formula is C19H21FN2O2S. The maximum Gasteiger partial charge on any atom is 0.252 e. The summed E-state index contributed by atoms with van der Waals surface area (Å²) < 4.78 is 12.9. The molecule has 2 N–H and O–H groups in total. The van der Waals surface area contributed by atoms with E-state index >= 15 is 0 Å². The molecule has 0 spiro atoms. The number of hydrogen-bond acceptors (Lipinski definition) is 3. The van der Waals surface area contributed by atoms with Crippen molar-refractivity contribution in [1.82, 2.24) is 5.32 Å². The Hall–Kier alpha value is -2.34. The summed E-state index contributed by atoms with van der Waals surface area (Å²) in [6, 6.07) is 12.8. The van der Waals surface area contributed by atoms with Gasteiger partial charge in [0.05, 0.1) is 11.3 Å². The molecule has 0 aromatic heterocycles. The van der Waals surface area contributed by atoms with Crippen LogP contribution in [0.5, 0.6) is 0 Å². The second-order valence-corrected chi connectivity index (χ2v) is 6.47. The summed E-state index contributed by atoms with van der Waals surface area (Å²) in [5, 5.41) is 5.59. The number of amides is 2. The van der Waals surface area contributed by atoms with Gasteiger partial charge in [-0.2, -0.15) is 0 Å². The molecule has 2 aromatic rings. The summed E-state index contributed by atoms with van der Waals surface area (Å²) in [5.41, 5.74) is 1.11. The monoisotopic (exact) mass is 360 g/mol. The molecule has 0 heterocycles. The van der Waals surface area contributed by atoms with Crippen LogP contribution < -0.4 is 10.6 Å². The minimum atomic E-state index is -0.351. The van der Waals surface area contributed by atoms with Crippen LogP contribution >= 0.6 is 11.8 Å². The summed E-state index contributed by atoms with van der Waals surface area (Å²) >= 11 is 1.30. The molecule has 2 aromatic carbocycles. The third kappa shape index (κ3) is 6.23. The van der Waals surface area contributed by atoms with Crippen LogP contribution in [-0.2, 0) is 4.79 Å². The lowest BCUT2D eigenvalue weighted by Gasteiger charge is -2.10. The molecular weight excluding hydrogens is 339 g/mol. The fourth-order valence-corrected chi connectivity index (χ4v) is 2.98. The van der Waals surface area contributed by atoms with Crippen LogP contribution in [0.1, 0.15) is 30.1 Å².